The summed E-state index contributed by atoms with van der Waals surface area (Å²) in [7, 11) is 1.61. The van der Waals surface area contributed by atoms with Gasteiger partial charge in [0.25, 0.3) is 5.91 Å². The maximum absolute atomic E-state index is 13.2. The van der Waals surface area contributed by atoms with Gasteiger partial charge in [-0.2, -0.15) is 0 Å². The molecule has 4 nitrogen and oxygen atoms in total. The van der Waals surface area contributed by atoms with Gasteiger partial charge in [0.2, 0.25) is 0 Å². The first-order valence-corrected chi connectivity index (χ1v) is 9.97. The number of carbonyl (C=O) groups excluding carboxylic acids is 1. The summed E-state index contributed by atoms with van der Waals surface area (Å²) in [6, 6.07) is 23.8. The Bertz CT molecular complexity index is 954. The lowest BCUT2D eigenvalue weighted by molar-refractivity contribution is -0.682. The van der Waals surface area contributed by atoms with Gasteiger partial charge in [0, 0.05) is 12.0 Å². The van der Waals surface area contributed by atoms with E-state index in [4.69, 9.17) is 4.74 Å². The summed E-state index contributed by atoms with van der Waals surface area (Å²) >= 11 is 0. The second kappa shape index (κ2) is 9.89. The zero-order valence-electron chi connectivity index (χ0n) is 17.3. The Balaban J connectivity index is 1.76. The average Bonchev–Trinajstić information content (AvgIpc) is 2.73. The number of hydrogen-bond donors (Lipinski definition) is 2. The van der Waals surface area contributed by atoms with Crippen molar-refractivity contribution in [3.8, 4) is 5.75 Å². The number of quaternary nitrogens is 1. The van der Waals surface area contributed by atoms with E-state index in [0.29, 0.717) is 11.4 Å². The van der Waals surface area contributed by atoms with E-state index in [1.54, 1.807) is 7.11 Å². The van der Waals surface area contributed by atoms with Gasteiger partial charge in [0.05, 0.1) is 19.3 Å². The molecule has 1 atom stereocenters. The molecule has 0 aliphatic rings. The van der Waals surface area contributed by atoms with Gasteiger partial charge in [0.15, 0.2) is 6.04 Å². The van der Waals surface area contributed by atoms with Crippen molar-refractivity contribution in [2.24, 2.45) is 0 Å². The minimum atomic E-state index is -0.328. The highest BCUT2D eigenvalue weighted by Gasteiger charge is 2.25. The van der Waals surface area contributed by atoms with E-state index in [-0.39, 0.29) is 11.9 Å². The van der Waals surface area contributed by atoms with E-state index in [1.165, 1.54) is 11.1 Å². The normalized spacial score (nSPS) is 11.7. The summed E-state index contributed by atoms with van der Waals surface area (Å²) in [4.78, 5) is 13.2. The number of benzene rings is 3. The van der Waals surface area contributed by atoms with Gasteiger partial charge in [-0.15, -0.1) is 0 Å². The van der Waals surface area contributed by atoms with Gasteiger partial charge in [-0.25, -0.2) is 0 Å². The molecule has 0 aliphatic carbocycles. The van der Waals surface area contributed by atoms with Gasteiger partial charge < -0.3 is 15.4 Å². The number of anilines is 1. The number of nitrogens with two attached hydrogens (primary N) is 1. The van der Waals surface area contributed by atoms with Gasteiger partial charge in [-0.1, -0.05) is 60.7 Å². The van der Waals surface area contributed by atoms with Crippen molar-refractivity contribution in [3.05, 3.63) is 95.1 Å². The van der Waals surface area contributed by atoms with Gasteiger partial charge in [-0.05, 0) is 42.7 Å². The van der Waals surface area contributed by atoms with Gasteiger partial charge in [-0.3, -0.25) is 4.79 Å². The summed E-state index contributed by atoms with van der Waals surface area (Å²) in [5.41, 5.74) is 5.36. The molecule has 0 unspecified atom stereocenters. The molecule has 150 valence electrons. The largest absolute Gasteiger partial charge is 0.495 e. The molecule has 4 heteroatoms. The van der Waals surface area contributed by atoms with Crippen molar-refractivity contribution < 1.29 is 14.8 Å². The first-order chi connectivity index (χ1) is 14.1. The molecule has 0 radical (unpaired) electrons. The number of rotatable bonds is 8. The molecule has 3 N–H and O–H groups in total. The van der Waals surface area contributed by atoms with Crippen molar-refractivity contribution in [3.63, 3.8) is 0 Å². The second-order valence-electron chi connectivity index (χ2n) is 7.28. The van der Waals surface area contributed by atoms with Crippen LogP contribution in [0, 0.1) is 13.8 Å². The molecule has 0 saturated heterocycles. The first-order valence-electron chi connectivity index (χ1n) is 9.97. The average molecular weight is 390 g/mol. The molecule has 29 heavy (non-hydrogen) atoms. The van der Waals surface area contributed by atoms with Crippen LogP contribution in [0.4, 0.5) is 5.69 Å². The summed E-state index contributed by atoms with van der Waals surface area (Å²) in [5.74, 6) is 0.612. The number of methoxy groups -OCH3 is 1. The Kier molecular flexibility index (Phi) is 7.04. The fourth-order valence-electron chi connectivity index (χ4n) is 3.48. The van der Waals surface area contributed by atoms with Crippen LogP contribution in [0.15, 0.2) is 72.8 Å². The number of carbonyl (C=O) groups is 1. The Labute approximate surface area is 172 Å². The van der Waals surface area contributed by atoms with E-state index >= 15 is 0 Å². The summed E-state index contributed by atoms with van der Waals surface area (Å²) in [6.45, 7) is 4.95. The van der Waals surface area contributed by atoms with Crippen LogP contribution in [0.5, 0.6) is 5.75 Å². The fraction of sp³-hybridized carbons (Fsp3) is 0.240. The van der Waals surface area contributed by atoms with Crippen LogP contribution in [-0.2, 0) is 11.2 Å². The Hall–Kier alpha value is -3.11. The topological polar surface area (TPSA) is 54.9 Å². The standard InChI is InChI=1S/C25H28N2O2/c1-18-13-14-23(29-3)22(17-18)27-25(28)24(21-11-5-4-6-12-21)26-16-15-20-10-8-7-9-19(20)2/h4-14,17,24,26H,15-16H2,1-3H3,(H,27,28)/p+1/t24-/m0/s1. The third-order valence-electron chi connectivity index (χ3n) is 5.13. The monoisotopic (exact) mass is 389 g/mol. The molecule has 3 aromatic carbocycles. The molecule has 0 bridgehead atoms. The van der Waals surface area contributed by atoms with Crippen LogP contribution < -0.4 is 15.4 Å². The number of aryl methyl sites for hydroxylation is 2. The molecular formula is C25H29N2O2+. The van der Waals surface area contributed by atoms with Crippen molar-refractivity contribution in [1.82, 2.24) is 0 Å². The fourth-order valence-corrected chi connectivity index (χ4v) is 3.48. The van der Waals surface area contributed by atoms with Crippen LogP contribution in [0.1, 0.15) is 28.3 Å². The zero-order valence-corrected chi connectivity index (χ0v) is 17.3. The molecule has 0 aromatic heterocycles. The van der Waals surface area contributed by atoms with Crippen LogP contribution in [0.3, 0.4) is 0 Å². The van der Waals surface area contributed by atoms with Gasteiger partial charge in [0.1, 0.15) is 5.75 Å². The first kappa shape index (κ1) is 20.6. The molecule has 3 aromatic rings. The van der Waals surface area contributed by atoms with Crippen LogP contribution >= 0.6 is 0 Å². The summed E-state index contributed by atoms with van der Waals surface area (Å²) < 4.78 is 5.41. The van der Waals surface area contributed by atoms with Crippen molar-refractivity contribution in [2.45, 2.75) is 26.3 Å². The minimum absolute atomic E-state index is 0.0510. The lowest BCUT2D eigenvalue weighted by Crippen LogP contribution is -2.87. The van der Waals surface area contributed by atoms with E-state index in [9.17, 15) is 4.79 Å². The molecule has 1 amide bonds. The minimum Gasteiger partial charge on any atom is -0.495 e. The SMILES string of the molecule is COc1ccc(C)cc1NC(=O)[C@@H]([NH2+]CCc1ccccc1C)c1ccccc1. The quantitative estimate of drug-likeness (QED) is 0.616. The highest BCUT2D eigenvalue weighted by molar-refractivity contribution is 5.95. The van der Waals surface area contributed by atoms with Crippen LogP contribution in [0.2, 0.25) is 0 Å². The Morgan fingerprint density at radius 2 is 1.72 bits per heavy atom. The zero-order chi connectivity index (χ0) is 20.6. The Morgan fingerprint density at radius 3 is 2.45 bits per heavy atom. The molecule has 0 saturated carbocycles. The van der Waals surface area contributed by atoms with E-state index in [2.05, 4.69) is 41.8 Å². The highest BCUT2D eigenvalue weighted by Crippen LogP contribution is 2.26. The number of nitrogens with one attached hydrogen (secondary N) is 1. The van der Waals surface area contributed by atoms with E-state index in [0.717, 1.165) is 24.1 Å². The van der Waals surface area contributed by atoms with E-state index in [1.807, 2.05) is 55.5 Å². The lowest BCUT2D eigenvalue weighted by Gasteiger charge is -2.18. The van der Waals surface area contributed by atoms with Crippen molar-refractivity contribution in [2.75, 3.05) is 19.0 Å². The smallest absolute Gasteiger partial charge is 0.287 e. The Morgan fingerprint density at radius 1 is 1.00 bits per heavy atom. The van der Waals surface area contributed by atoms with E-state index < -0.39 is 0 Å². The molecular weight excluding hydrogens is 360 g/mol. The number of hydrogen-bond acceptors (Lipinski definition) is 2. The molecule has 0 heterocycles. The van der Waals surface area contributed by atoms with Crippen LogP contribution in [0.25, 0.3) is 0 Å². The number of amides is 1. The molecule has 3 rings (SSSR count). The van der Waals surface area contributed by atoms with Crippen molar-refractivity contribution in [1.29, 1.82) is 0 Å². The summed E-state index contributed by atoms with van der Waals surface area (Å²) in [6.07, 6.45) is 0.914. The van der Waals surface area contributed by atoms with Gasteiger partial charge >= 0.3 is 0 Å². The summed E-state index contributed by atoms with van der Waals surface area (Å²) in [5, 5.41) is 5.18. The van der Waals surface area contributed by atoms with Crippen molar-refractivity contribution >= 4 is 11.6 Å². The second-order valence-corrected chi connectivity index (χ2v) is 7.28. The maximum Gasteiger partial charge on any atom is 0.287 e. The highest BCUT2D eigenvalue weighted by atomic mass is 16.5. The third kappa shape index (κ3) is 5.46. The lowest BCUT2D eigenvalue weighted by atomic mass is 10.0. The maximum atomic E-state index is 13.2. The van der Waals surface area contributed by atoms with Crippen LogP contribution in [-0.4, -0.2) is 19.6 Å². The predicted molar refractivity (Wildman–Crippen MR) is 117 cm³/mol. The predicted octanol–water partition coefficient (Wildman–Crippen LogP) is 3.80. The molecule has 0 aliphatic heterocycles. The number of ether oxygens (including phenoxy) is 1. The molecule has 0 spiro atoms. The molecule has 0 fully saturated rings. The third-order valence-corrected chi connectivity index (χ3v) is 5.13.